The molecule has 2 amide bonds. The second-order valence-corrected chi connectivity index (χ2v) is 17.4. The number of methoxy groups -OCH3 is 1. The highest BCUT2D eigenvalue weighted by atomic mass is 19.1. The molecule has 2 aliphatic rings. The fourth-order valence-electron chi connectivity index (χ4n) is 9.53. The lowest BCUT2D eigenvalue weighted by Gasteiger charge is -2.15. The molecule has 12 nitrogen and oxygen atoms in total. The van der Waals surface area contributed by atoms with E-state index in [4.69, 9.17) is 28.3 Å². The second kappa shape index (κ2) is 19.2. The highest BCUT2D eigenvalue weighted by Crippen LogP contribution is 2.41. The topological polar surface area (TPSA) is 139 Å². The monoisotopic (exact) mass is 916 g/mol. The molecule has 10 rings (SSSR count). The van der Waals surface area contributed by atoms with Gasteiger partial charge < -0.3 is 38.1 Å². The Morgan fingerprint density at radius 3 is 1.71 bits per heavy atom. The molecule has 4 aromatic heterocycles. The summed E-state index contributed by atoms with van der Waals surface area (Å²) < 4.78 is 56.2. The summed E-state index contributed by atoms with van der Waals surface area (Å²) in [5.41, 5.74) is 7.25. The van der Waals surface area contributed by atoms with Crippen LogP contribution in [0.1, 0.15) is 95.7 Å². The molecule has 0 atom stereocenters. The fraction of sp³-hybridized carbons (Fsp3) is 0.259. The largest absolute Gasteiger partial charge is 0.497 e. The van der Waals surface area contributed by atoms with Crippen molar-refractivity contribution in [3.05, 3.63) is 156 Å². The molecule has 0 radical (unpaired) electrons. The first kappa shape index (κ1) is 44.1. The number of nitrogens with one attached hydrogen (secondary N) is 2. The number of halogens is 2. The van der Waals surface area contributed by atoms with Crippen molar-refractivity contribution in [1.82, 2.24) is 19.1 Å². The molecular formula is C54H50F2N6O6. The fourth-order valence-corrected chi connectivity index (χ4v) is 9.53. The summed E-state index contributed by atoms with van der Waals surface area (Å²) in [6.07, 6.45) is 12.7. The Bertz CT molecular complexity index is 3080. The van der Waals surface area contributed by atoms with Gasteiger partial charge in [0.25, 0.3) is 11.8 Å². The number of anilines is 2. The molecular weight excluding hydrogens is 867 g/mol. The molecule has 4 aromatic carbocycles. The zero-order chi connectivity index (χ0) is 46.7. The number of amides is 2. The van der Waals surface area contributed by atoms with Crippen LogP contribution in [0.5, 0.6) is 11.5 Å². The predicted molar refractivity (Wildman–Crippen MR) is 255 cm³/mol. The third-order valence-electron chi connectivity index (χ3n) is 13.1. The lowest BCUT2D eigenvalue weighted by molar-refractivity contribution is 0.0990. The molecule has 346 valence electrons. The normalized spacial score (nSPS) is 14.1. The Morgan fingerprint density at radius 2 is 1.18 bits per heavy atom. The van der Waals surface area contributed by atoms with Crippen LogP contribution in [0.25, 0.3) is 45.4 Å². The number of benzene rings is 4. The number of nitrogens with zero attached hydrogens (tertiary/aromatic N) is 4. The van der Waals surface area contributed by atoms with E-state index in [1.54, 1.807) is 80.2 Å². The molecule has 2 fully saturated rings. The van der Waals surface area contributed by atoms with Crippen molar-refractivity contribution in [2.75, 3.05) is 24.4 Å². The number of aromatic nitrogens is 4. The van der Waals surface area contributed by atoms with E-state index in [-0.39, 0.29) is 41.8 Å². The van der Waals surface area contributed by atoms with Gasteiger partial charge in [0.1, 0.15) is 34.5 Å². The van der Waals surface area contributed by atoms with E-state index in [9.17, 15) is 18.4 Å². The van der Waals surface area contributed by atoms with Crippen LogP contribution in [0.3, 0.4) is 0 Å². The summed E-state index contributed by atoms with van der Waals surface area (Å²) in [5, 5.41) is 5.95. The van der Waals surface area contributed by atoms with Gasteiger partial charge in [0.15, 0.2) is 23.0 Å². The molecule has 2 saturated carbocycles. The zero-order valence-corrected chi connectivity index (χ0v) is 37.8. The molecule has 0 unspecified atom stereocenters. The maximum absolute atomic E-state index is 13.8. The van der Waals surface area contributed by atoms with E-state index >= 15 is 0 Å². The Morgan fingerprint density at radius 1 is 0.662 bits per heavy atom. The highest BCUT2D eigenvalue weighted by Gasteiger charge is 2.28. The van der Waals surface area contributed by atoms with Gasteiger partial charge >= 0.3 is 0 Å². The van der Waals surface area contributed by atoms with Crippen molar-refractivity contribution in [3.63, 3.8) is 0 Å². The molecule has 14 heteroatoms. The smallest absolute Gasteiger partial charge is 0.291 e. The summed E-state index contributed by atoms with van der Waals surface area (Å²) >= 11 is 0. The molecule has 0 aliphatic heterocycles. The van der Waals surface area contributed by atoms with Gasteiger partial charge in [-0.2, -0.15) is 0 Å². The van der Waals surface area contributed by atoms with E-state index in [1.165, 1.54) is 24.3 Å². The lowest BCUT2D eigenvalue weighted by Crippen LogP contribution is -2.13. The van der Waals surface area contributed by atoms with Crippen LogP contribution in [0.2, 0.25) is 0 Å². The first-order valence-corrected chi connectivity index (χ1v) is 23.1. The standard InChI is InChI=1S/C54H50F2N6O6/c1-33-34(8-7-13-44(33)60-54(64)48-25-23-46(68-48)52-50(36-16-20-38(56)21-17-36)58-32-62(52)41-11-5-6-12-41)26-27-66-43-29-39(28-42(30-43)65-2)59-53(63)47-24-22-45(67-47)51-49(35-14-18-37(55)19-15-35)57-31-61(51)40-9-3-4-10-40/h7-8,13-25,28-32,40-41H,3-6,9-12,26-27H2,1-2H3,(H,59,63)(H,60,64). The van der Waals surface area contributed by atoms with Crippen LogP contribution in [0, 0.1) is 18.6 Å². The van der Waals surface area contributed by atoms with Crippen LogP contribution in [-0.2, 0) is 6.42 Å². The first-order valence-electron chi connectivity index (χ1n) is 23.1. The van der Waals surface area contributed by atoms with E-state index in [1.807, 2.05) is 31.5 Å². The van der Waals surface area contributed by atoms with Gasteiger partial charge in [-0.25, -0.2) is 18.7 Å². The van der Waals surface area contributed by atoms with Gasteiger partial charge in [0, 0.05) is 59.2 Å². The molecule has 2 N–H and O–H groups in total. The Labute approximate surface area is 392 Å². The van der Waals surface area contributed by atoms with Gasteiger partial charge in [0.05, 0.1) is 37.8 Å². The summed E-state index contributed by atoms with van der Waals surface area (Å²) in [4.78, 5) is 36.8. The summed E-state index contributed by atoms with van der Waals surface area (Å²) in [5.74, 6) is 0.689. The third-order valence-corrected chi connectivity index (χ3v) is 13.1. The number of rotatable bonds is 15. The third kappa shape index (κ3) is 9.18. The Kier molecular flexibility index (Phi) is 12.5. The number of carbonyl (C=O) groups excluding carboxylic acids is 2. The number of carbonyl (C=O) groups is 2. The van der Waals surface area contributed by atoms with Crippen LogP contribution < -0.4 is 20.1 Å². The summed E-state index contributed by atoms with van der Waals surface area (Å²) in [6.45, 7) is 2.23. The maximum atomic E-state index is 13.8. The number of ether oxygens (including phenoxy) is 2. The van der Waals surface area contributed by atoms with E-state index in [0.717, 1.165) is 85.0 Å². The van der Waals surface area contributed by atoms with Crippen molar-refractivity contribution in [1.29, 1.82) is 0 Å². The lowest BCUT2D eigenvalue weighted by atomic mass is 10.0. The van der Waals surface area contributed by atoms with E-state index in [2.05, 4.69) is 19.8 Å². The molecule has 68 heavy (non-hydrogen) atoms. The molecule has 0 saturated heterocycles. The summed E-state index contributed by atoms with van der Waals surface area (Å²) in [7, 11) is 1.54. The van der Waals surface area contributed by atoms with Gasteiger partial charge in [0.2, 0.25) is 0 Å². The molecule has 8 aromatic rings. The minimum atomic E-state index is -0.462. The average molecular weight is 917 g/mol. The molecule has 4 heterocycles. The average Bonchev–Trinajstić information content (AvgIpc) is 4.21. The second-order valence-electron chi connectivity index (χ2n) is 17.4. The predicted octanol–water partition coefficient (Wildman–Crippen LogP) is 12.9. The molecule has 0 bridgehead atoms. The van der Waals surface area contributed by atoms with Crippen molar-refractivity contribution in [2.24, 2.45) is 0 Å². The number of imidazole rings is 2. The van der Waals surface area contributed by atoms with Crippen LogP contribution >= 0.6 is 0 Å². The van der Waals surface area contributed by atoms with Crippen molar-refractivity contribution in [2.45, 2.75) is 76.8 Å². The van der Waals surface area contributed by atoms with Crippen LogP contribution in [0.15, 0.2) is 131 Å². The van der Waals surface area contributed by atoms with Crippen molar-refractivity contribution >= 4 is 23.2 Å². The highest BCUT2D eigenvalue weighted by molar-refractivity contribution is 6.04. The van der Waals surface area contributed by atoms with Gasteiger partial charge in [-0.05, 0) is 123 Å². The minimum absolute atomic E-state index is 0.104. The first-order chi connectivity index (χ1) is 33.2. The van der Waals surface area contributed by atoms with Crippen molar-refractivity contribution in [3.8, 4) is 56.9 Å². The Hall–Kier alpha value is -7.74. The number of hydrogen-bond donors (Lipinski definition) is 2. The van der Waals surface area contributed by atoms with Gasteiger partial charge in [-0.15, -0.1) is 0 Å². The molecule has 0 spiro atoms. The summed E-state index contributed by atoms with van der Waals surface area (Å²) in [6, 6.07) is 30.6. The SMILES string of the molecule is COc1cc(NC(=O)c2ccc(-c3c(-c4ccc(F)cc4)ncn3C3CCCC3)o2)cc(OCCc2cccc(NC(=O)c3ccc(-c4c(-c5ccc(F)cc5)ncn4C4CCCC4)o3)c2C)c1. The number of furan rings is 2. The van der Waals surface area contributed by atoms with E-state index in [0.29, 0.717) is 52.2 Å². The number of hydrogen-bond acceptors (Lipinski definition) is 8. The van der Waals surface area contributed by atoms with Gasteiger partial charge in [-0.3, -0.25) is 9.59 Å². The zero-order valence-electron chi connectivity index (χ0n) is 37.8. The Balaban J connectivity index is 0.802. The van der Waals surface area contributed by atoms with Crippen molar-refractivity contribution < 1.29 is 36.7 Å². The quantitative estimate of drug-likeness (QED) is 0.104. The van der Waals surface area contributed by atoms with Crippen LogP contribution in [0.4, 0.5) is 20.2 Å². The minimum Gasteiger partial charge on any atom is -0.497 e. The molecule has 2 aliphatic carbocycles. The maximum Gasteiger partial charge on any atom is 0.291 e. The van der Waals surface area contributed by atoms with E-state index < -0.39 is 11.8 Å². The van der Waals surface area contributed by atoms with Gasteiger partial charge in [-0.1, -0.05) is 37.8 Å². The van der Waals surface area contributed by atoms with Crippen LogP contribution in [-0.4, -0.2) is 44.6 Å².